The van der Waals surface area contributed by atoms with Gasteiger partial charge in [-0.3, -0.25) is 0 Å². The molecule has 4 nitrogen and oxygen atoms in total. The maximum absolute atomic E-state index is 13.2. The molecule has 0 bridgehead atoms. The minimum absolute atomic E-state index is 0.292. The summed E-state index contributed by atoms with van der Waals surface area (Å²) < 4.78 is 13.2. The van der Waals surface area contributed by atoms with E-state index in [0.29, 0.717) is 25.9 Å². The molecule has 1 fully saturated rings. The van der Waals surface area contributed by atoms with E-state index in [1.165, 1.54) is 17.7 Å². The Hall–Kier alpha value is -2.21. The molecule has 154 valence electrons. The van der Waals surface area contributed by atoms with Crippen LogP contribution >= 0.6 is 0 Å². The number of halogens is 1. The second kappa shape index (κ2) is 7.90. The molecular weight excluding hydrogens is 367 g/mol. The number of hydrogen-bond donors (Lipinski definition) is 3. The Bertz CT molecular complexity index is 998. The number of aromatic nitrogens is 1. The molecule has 2 unspecified atom stereocenters. The van der Waals surface area contributed by atoms with Crippen LogP contribution in [0.2, 0.25) is 0 Å². The fraction of sp³-hybridized carbons (Fsp3) is 0.417. The summed E-state index contributed by atoms with van der Waals surface area (Å²) in [5.74, 6) is -0.292. The van der Waals surface area contributed by atoms with Gasteiger partial charge in [-0.1, -0.05) is 24.3 Å². The number of nitrogens with one attached hydrogen (secondary N) is 1. The van der Waals surface area contributed by atoms with Crippen molar-refractivity contribution in [3.63, 3.8) is 0 Å². The predicted molar refractivity (Wildman–Crippen MR) is 113 cm³/mol. The number of aliphatic hydroxyl groups excluding tert-OH is 1. The number of nitrogens with zero attached hydrogens (tertiary/aromatic N) is 1. The zero-order valence-electron chi connectivity index (χ0n) is 17.1. The smallest absolute Gasteiger partial charge is 0.123 e. The highest BCUT2D eigenvalue weighted by Gasteiger charge is 2.32. The third-order valence-corrected chi connectivity index (χ3v) is 6.24. The van der Waals surface area contributed by atoms with Gasteiger partial charge in [0.05, 0.1) is 11.7 Å². The van der Waals surface area contributed by atoms with Gasteiger partial charge >= 0.3 is 0 Å². The summed E-state index contributed by atoms with van der Waals surface area (Å²) in [6.07, 6.45) is 1.43. The fourth-order valence-corrected chi connectivity index (χ4v) is 4.64. The van der Waals surface area contributed by atoms with E-state index in [1.54, 1.807) is 12.1 Å². The topological polar surface area (TPSA) is 59.5 Å². The lowest BCUT2D eigenvalue weighted by atomic mass is 9.87. The molecule has 29 heavy (non-hydrogen) atoms. The molecule has 0 spiro atoms. The minimum atomic E-state index is -0.943. The third kappa shape index (κ3) is 4.08. The van der Waals surface area contributed by atoms with Gasteiger partial charge < -0.3 is 20.1 Å². The molecule has 0 radical (unpaired) electrons. The maximum Gasteiger partial charge on any atom is 0.123 e. The van der Waals surface area contributed by atoms with Crippen molar-refractivity contribution in [1.82, 2.24) is 9.88 Å². The Labute approximate surface area is 171 Å². The van der Waals surface area contributed by atoms with Crippen molar-refractivity contribution in [2.24, 2.45) is 0 Å². The molecule has 0 amide bonds. The Morgan fingerprint density at radius 3 is 2.62 bits per heavy atom. The van der Waals surface area contributed by atoms with Crippen molar-refractivity contribution in [2.75, 3.05) is 19.6 Å². The number of likely N-dealkylation sites (tertiary alicyclic amines) is 1. The van der Waals surface area contributed by atoms with Crippen LogP contribution in [-0.2, 0) is 5.60 Å². The molecule has 1 aromatic heterocycles. The van der Waals surface area contributed by atoms with E-state index in [-0.39, 0.29) is 5.82 Å². The first-order valence-corrected chi connectivity index (χ1v) is 10.3. The highest BCUT2D eigenvalue weighted by atomic mass is 19.1. The van der Waals surface area contributed by atoms with Crippen molar-refractivity contribution in [3.05, 3.63) is 70.7 Å². The first-order chi connectivity index (χ1) is 13.9. The van der Waals surface area contributed by atoms with Crippen LogP contribution in [0, 0.1) is 19.7 Å². The van der Waals surface area contributed by atoms with Gasteiger partial charge in [0.15, 0.2) is 0 Å². The molecule has 2 heterocycles. The van der Waals surface area contributed by atoms with E-state index in [4.69, 9.17) is 0 Å². The second-order valence-electron chi connectivity index (χ2n) is 8.42. The summed E-state index contributed by atoms with van der Waals surface area (Å²) in [5, 5.41) is 23.2. The first-order valence-electron chi connectivity index (χ1n) is 10.3. The SMILES string of the molecule is Cc1ccc2c(C(O)CN3CCCC(O)(c4ccc(F)cc4)CC3)c(C)[nH]c2c1. The normalized spacial score (nSPS) is 22.0. The van der Waals surface area contributed by atoms with Crippen LogP contribution in [0.15, 0.2) is 42.5 Å². The quantitative estimate of drug-likeness (QED) is 0.615. The van der Waals surface area contributed by atoms with Crippen LogP contribution in [0.1, 0.15) is 47.8 Å². The van der Waals surface area contributed by atoms with Crippen LogP contribution in [0.5, 0.6) is 0 Å². The van der Waals surface area contributed by atoms with E-state index < -0.39 is 11.7 Å². The first kappa shape index (κ1) is 20.1. The lowest BCUT2D eigenvalue weighted by molar-refractivity contribution is 0.0194. The molecule has 0 aliphatic carbocycles. The van der Waals surface area contributed by atoms with Gasteiger partial charge in [-0.15, -0.1) is 0 Å². The van der Waals surface area contributed by atoms with Crippen LogP contribution in [0.4, 0.5) is 4.39 Å². The number of H-pyrrole nitrogens is 1. The van der Waals surface area contributed by atoms with Gasteiger partial charge in [-0.2, -0.15) is 0 Å². The summed E-state index contributed by atoms with van der Waals surface area (Å²) >= 11 is 0. The van der Waals surface area contributed by atoms with Crippen molar-refractivity contribution in [3.8, 4) is 0 Å². The number of β-amino-alcohol motifs (C(OH)–C–C–N with tert-alkyl or cyclic N) is 1. The number of aliphatic hydroxyl groups is 2. The summed E-state index contributed by atoms with van der Waals surface area (Å²) in [6.45, 7) is 6.10. The standard InChI is InChI=1S/C24H29FN2O2/c1-16-4-9-20-21(14-16)26-17(2)23(20)22(28)15-27-12-3-10-24(29,11-13-27)18-5-7-19(25)8-6-18/h4-9,14,22,26,28-29H,3,10-13,15H2,1-2H3. The molecule has 2 aromatic carbocycles. The molecule has 3 aromatic rings. The van der Waals surface area contributed by atoms with Crippen molar-refractivity contribution < 1.29 is 14.6 Å². The molecule has 1 aliphatic rings. The summed E-state index contributed by atoms with van der Waals surface area (Å²) in [6, 6.07) is 12.4. The molecular formula is C24H29FN2O2. The summed E-state index contributed by atoms with van der Waals surface area (Å²) in [5.41, 5.74) is 4.02. The van der Waals surface area contributed by atoms with Gasteiger partial charge in [0.25, 0.3) is 0 Å². The Morgan fingerprint density at radius 2 is 1.86 bits per heavy atom. The number of aromatic amines is 1. The van der Waals surface area contributed by atoms with Crippen LogP contribution in [0.3, 0.4) is 0 Å². The number of rotatable bonds is 4. The minimum Gasteiger partial charge on any atom is -0.387 e. The second-order valence-corrected chi connectivity index (χ2v) is 8.42. The van der Waals surface area contributed by atoms with Gasteiger partial charge in [0.2, 0.25) is 0 Å². The number of aryl methyl sites for hydroxylation is 2. The van der Waals surface area contributed by atoms with Gasteiger partial charge in [-0.05, 0) is 69.0 Å². The van der Waals surface area contributed by atoms with Crippen molar-refractivity contribution in [1.29, 1.82) is 0 Å². The van der Waals surface area contributed by atoms with E-state index in [9.17, 15) is 14.6 Å². The van der Waals surface area contributed by atoms with Crippen LogP contribution < -0.4 is 0 Å². The van der Waals surface area contributed by atoms with Crippen LogP contribution in [-0.4, -0.2) is 39.7 Å². The largest absolute Gasteiger partial charge is 0.387 e. The maximum atomic E-state index is 13.2. The molecule has 3 N–H and O–H groups in total. The molecule has 5 heteroatoms. The van der Waals surface area contributed by atoms with Crippen molar-refractivity contribution >= 4 is 10.9 Å². The lowest BCUT2D eigenvalue weighted by Gasteiger charge is -2.28. The van der Waals surface area contributed by atoms with E-state index >= 15 is 0 Å². The predicted octanol–water partition coefficient (Wildman–Crippen LogP) is 4.33. The number of fused-ring (bicyclic) bond motifs is 1. The third-order valence-electron chi connectivity index (χ3n) is 6.24. The highest BCUT2D eigenvalue weighted by molar-refractivity contribution is 5.85. The molecule has 2 atom stereocenters. The van der Waals surface area contributed by atoms with Crippen LogP contribution in [0.25, 0.3) is 10.9 Å². The fourth-order valence-electron chi connectivity index (χ4n) is 4.64. The van der Waals surface area contributed by atoms with Gasteiger partial charge in [0.1, 0.15) is 5.82 Å². The number of hydrogen-bond acceptors (Lipinski definition) is 3. The number of benzene rings is 2. The Kier molecular flexibility index (Phi) is 5.47. The zero-order chi connectivity index (χ0) is 20.6. The molecule has 1 aliphatic heterocycles. The molecule has 4 rings (SSSR count). The van der Waals surface area contributed by atoms with E-state index in [0.717, 1.165) is 40.7 Å². The highest BCUT2D eigenvalue weighted by Crippen LogP contribution is 2.34. The molecule has 1 saturated heterocycles. The monoisotopic (exact) mass is 396 g/mol. The van der Waals surface area contributed by atoms with E-state index in [2.05, 4.69) is 35.0 Å². The molecule has 0 saturated carbocycles. The van der Waals surface area contributed by atoms with Gasteiger partial charge in [-0.25, -0.2) is 4.39 Å². The summed E-state index contributed by atoms with van der Waals surface area (Å²) in [4.78, 5) is 5.61. The van der Waals surface area contributed by atoms with Gasteiger partial charge in [0, 0.05) is 35.2 Å². The average molecular weight is 397 g/mol. The Morgan fingerprint density at radius 1 is 1.10 bits per heavy atom. The lowest BCUT2D eigenvalue weighted by Crippen LogP contribution is -2.32. The average Bonchev–Trinajstić information content (AvgIpc) is 2.88. The summed E-state index contributed by atoms with van der Waals surface area (Å²) in [7, 11) is 0. The van der Waals surface area contributed by atoms with E-state index in [1.807, 2.05) is 6.92 Å². The van der Waals surface area contributed by atoms with Crippen molar-refractivity contribution in [2.45, 2.75) is 44.8 Å². The Balaban J connectivity index is 1.48. The zero-order valence-corrected chi connectivity index (χ0v) is 17.1.